The van der Waals surface area contributed by atoms with Gasteiger partial charge in [-0.2, -0.15) is 4.31 Å². The number of hydrogen-bond acceptors (Lipinski definition) is 5. The minimum absolute atomic E-state index is 0.0164. The molecule has 3 rings (SSSR count). The number of rotatable bonds is 7. The molecule has 0 radical (unpaired) electrons. The number of carbonyl (C=O) groups is 1. The van der Waals surface area contributed by atoms with Crippen molar-refractivity contribution in [3.63, 3.8) is 0 Å². The van der Waals surface area contributed by atoms with E-state index >= 15 is 0 Å². The second-order valence-corrected chi connectivity index (χ2v) is 9.04. The summed E-state index contributed by atoms with van der Waals surface area (Å²) in [7, 11) is -2.06. The molecule has 1 amide bonds. The van der Waals surface area contributed by atoms with Crippen molar-refractivity contribution in [2.75, 3.05) is 37.4 Å². The SMILES string of the molecule is COc1ccc(S(=O)(=O)N2CCCCC2)cc1NCC(=O)Nc1cccc(C)c1. The highest BCUT2D eigenvalue weighted by Gasteiger charge is 2.26. The van der Waals surface area contributed by atoms with E-state index in [2.05, 4.69) is 10.6 Å². The third kappa shape index (κ3) is 5.27. The fraction of sp³-hybridized carbons (Fsp3) is 0.381. The molecule has 29 heavy (non-hydrogen) atoms. The summed E-state index contributed by atoms with van der Waals surface area (Å²) in [5, 5.41) is 5.81. The molecular formula is C21H27N3O4S. The first-order valence-electron chi connectivity index (χ1n) is 9.69. The maximum absolute atomic E-state index is 12.9. The van der Waals surface area contributed by atoms with E-state index in [1.54, 1.807) is 12.1 Å². The van der Waals surface area contributed by atoms with Gasteiger partial charge in [-0.3, -0.25) is 4.79 Å². The zero-order valence-corrected chi connectivity index (χ0v) is 17.6. The van der Waals surface area contributed by atoms with Crippen molar-refractivity contribution in [2.45, 2.75) is 31.1 Å². The summed E-state index contributed by atoms with van der Waals surface area (Å²) < 4.78 is 32.7. The van der Waals surface area contributed by atoms with Gasteiger partial charge in [-0.25, -0.2) is 8.42 Å². The van der Waals surface area contributed by atoms with Gasteiger partial charge in [-0.1, -0.05) is 18.6 Å². The zero-order valence-electron chi connectivity index (χ0n) is 16.8. The Morgan fingerprint density at radius 3 is 2.55 bits per heavy atom. The number of methoxy groups -OCH3 is 1. The van der Waals surface area contributed by atoms with Crippen LogP contribution in [0.3, 0.4) is 0 Å². The first-order chi connectivity index (χ1) is 13.9. The van der Waals surface area contributed by atoms with Crippen LogP contribution >= 0.6 is 0 Å². The summed E-state index contributed by atoms with van der Waals surface area (Å²) >= 11 is 0. The molecule has 0 unspecified atom stereocenters. The molecule has 7 nitrogen and oxygen atoms in total. The largest absolute Gasteiger partial charge is 0.495 e. The molecule has 2 aromatic carbocycles. The number of hydrogen-bond donors (Lipinski definition) is 2. The van der Waals surface area contributed by atoms with Gasteiger partial charge >= 0.3 is 0 Å². The number of anilines is 2. The lowest BCUT2D eigenvalue weighted by Crippen LogP contribution is -2.35. The lowest BCUT2D eigenvalue weighted by atomic mass is 10.2. The molecule has 0 spiro atoms. The third-order valence-electron chi connectivity index (χ3n) is 4.86. The van der Waals surface area contributed by atoms with Crippen LogP contribution in [-0.4, -0.2) is 45.4 Å². The fourth-order valence-corrected chi connectivity index (χ4v) is 4.89. The van der Waals surface area contributed by atoms with Crippen LogP contribution in [0.4, 0.5) is 11.4 Å². The van der Waals surface area contributed by atoms with Crippen molar-refractivity contribution in [2.24, 2.45) is 0 Å². The number of carbonyl (C=O) groups excluding carboxylic acids is 1. The molecule has 0 bridgehead atoms. The van der Waals surface area contributed by atoms with Crippen LogP contribution in [0.2, 0.25) is 0 Å². The lowest BCUT2D eigenvalue weighted by molar-refractivity contribution is -0.114. The quantitative estimate of drug-likeness (QED) is 0.722. The summed E-state index contributed by atoms with van der Waals surface area (Å²) in [4.78, 5) is 12.5. The molecule has 156 valence electrons. The first-order valence-corrected chi connectivity index (χ1v) is 11.1. The lowest BCUT2D eigenvalue weighted by Gasteiger charge is -2.26. The Morgan fingerprint density at radius 2 is 1.86 bits per heavy atom. The number of sulfonamides is 1. The van der Waals surface area contributed by atoms with E-state index < -0.39 is 10.0 Å². The van der Waals surface area contributed by atoms with E-state index in [0.29, 0.717) is 30.2 Å². The molecule has 0 aliphatic carbocycles. The number of nitrogens with one attached hydrogen (secondary N) is 2. The molecule has 8 heteroatoms. The number of aryl methyl sites for hydroxylation is 1. The van der Waals surface area contributed by atoms with Gasteiger partial charge in [0.2, 0.25) is 15.9 Å². The van der Waals surface area contributed by atoms with Crippen LogP contribution < -0.4 is 15.4 Å². The molecule has 1 saturated heterocycles. The molecular weight excluding hydrogens is 390 g/mol. The van der Waals surface area contributed by atoms with Gasteiger partial charge in [0.05, 0.1) is 24.2 Å². The minimum Gasteiger partial charge on any atom is -0.495 e. The van der Waals surface area contributed by atoms with Gasteiger partial charge in [0.25, 0.3) is 0 Å². The second kappa shape index (κ2) is 9.28. The zero-order chi connectivity index (χ0) is 20.9. The number of amides is 1. The Morgan fingerprint density at radius 1 is 1.10 bits per heavy atom. The molecule has 1 aliphatic heterocycles. The number of piperidine rings is 1. The van der Waals surface area contributed by atoms with E-state index in [1.165, 1.54) is 17.5 Å². The van der Waals surface area contributed by atoms with E-state index in [4.69, 9.17) is 4.74 Å². The summed E-state index contributed by atoms with van der Waals surface area (Å²) in [5.41, 5.74) is 2.23. The monoisotopic (exact) mass is 417 g/mol. The molecule has 1 fully saturated rings. The highest BCUT2D eigenvalue weighted by atomic mass is 32.2. The van der Waals surface area contributed by atoms with Crippen molar-refractivity contribution in [3.05, 3.63) is 48.0 Å². The first kappa shape index (κ1) is 21.1. The molecule has 1 heterocycles. The summed E-state index contributed by atoms with van der Waals surface area (Å²) in [6, 6.07) is 12.2. The standard InChI is InChI=1S/C21H27N3O4S/c1-16-7-6-8-17(13-16)23-21(25)15-22-19-14-18(9-10-20(19)28-2)29(26,27)24-11-4-3-5-12-24/h6-10,13-14,22H,3-5,11-12,15H2,1-2H3,(H,23,25). The Labute approximate surface area is 172 Å². The van der Waals surface area contributed by atoms with Gasteiger partial charge in [0, 0.05) is 18.8 Å². The van der Waals surface area contributed by atoms with Crippen LogP contribution in [0, 0.1) is 6.92 Å². The maximum atomic E-state index is 12.9. The van der Waals surface area contributed by atoms with E-state index in [9.17, 15) is 13.2 Å². The second-order valence-electron chi connectivity index (χ2n) is 7.10. The minimum atomic E-state index is -3.56. The van der Waals surface area contributed by atoms with Gasteiger partial charge in [-0.15, -0.1) is 0 Å². The molecule has 0 saturated carbocycles. The van der Waals surface area contributed by atoms with Crippen LogP contribution in [0.1, 0.15) is 24.8 Å². The number of nitrogens with zero attached hydrogens (tertiary/aromatic N) is 1. The van der Waals surface area contributed by atoms with E-state index in [1.807, 2.05) is 31.2 Å². The van der Waals surface area contributed by atoms with Crippen molar-refractivity contribution in [1.82, 2.24) is 4.31 Å². The highest BCUT2D eigenvalue weighted by Crippen LogP contribution is 2.29. The van der Waals surface area contributed by atoms with Crippen molar-refractivity contribution in [1.29, 1.82) is 0 Å². The fourth-order valence-electron chi connectivity index (χ4n) is 3.34. The van der Waals surface area contributed by atoms with E-state index in [0.717, 1.165) is 24.8 Å². The predicted molar refractivity (Wildman–Crippen MR) is 114 cm³/mol. The van der Waals surface area contributed by atoms with E-state index in [-0.39, 0.29) is 17.3 Å². The number of benzene rings is 2. The van der Waals surface area contributed by atoms with Crippen LogP contribution in [0.5, 0.6) is 5.75 Å². The van der Waals surface area contributed by atoms with Crippen LogP contribution in [-0.2, 0) is 14.8 Å². The smallest absolute Gasteiger partial charge is 0.243 e. The summed E-state index contributed by atoms with van der Waals surface area (Å²) in [5.74, 6) is 0.243. The van der Waals surface area contributed by atoms with Gasteiger partial charge in [0.1, 0.15) is 5.75 Å². The Hall–Kier alpha value is -2.58. The number of ether oxygens (including phenoxy) is 1. The van der Waals surface area contributed by atoms with Crippen molar-refractivity contribution >= 4 is 27.3 Å². The van der Waals surface area contributed by atoms with Crippen molar-refractivity contribution in [3.8, 4) is 5.75 Å². The molecule has 1 aliphatic rings. The molecule has 0 aromatic heterocycles. The average molecular weight is 418 g/mol. The maximum Gasteiger partial charge on any atom is 0.243 e. The Bertz CT molecular complexity index is 970. The molecule has 2 N–H and O–H groups in total. The predicted octanol–water partition coefficient (Wildman–Crippen LogP) is 3.23. The molecule has 2 aromatic rings. The van der Waals surface area contributed by atoms with Crippen LogP contribution in [0.25, 0.3) is 0 Å². The highest BCUT2D eigenvalue weighted by molar-refractivity contribution is 7.89. The van der Waals surface area contributed by atoms with Crippen LogP contribution in [0.15, 0.2) is 47.4 Å². The Kier molecular flexibility index (Phi) is 6.76. The van der Waals surface area contributed by atoms with Gasteiger partial charge in [-0.05, 0) is 55.7 Å². The normalized spacial score (nSPS) is 15.0. The summed E-state index contributed by atoms with van der Waals surface area (Å²) in [6.07, 6.45) is 2.80. The molecule has 0 atom stereocenters. The van der Waals surface area contributed by atoms with Gasteiger partial charge in [0.15, 0.2) is 0 Å². The summed E-state index contributed by atoms with van der Waals surface area (Å²) in [6.45, 7) is 3.01. The van der Waals surface area contributed by atoms with Gasteiger partial charge < -0.3 is 15.4 Å². The van der Waals surface area contributed by atoms with Crippen molar-refractivity contribution < 1.29 is 17.9 Å². The average Bonchev–Trinajstić information content (AvgIpc) is 2.72. The Balaban J connectivity index is 1.72. The topological polar surface area (TPSA) is 87.7 Å². The third-order valence-corrected chi connectivity index (χ3v) is 6.76.